The minimum Gasteiger partial charge on any atom is -0.357 e. The summed E-state index contributed by atoms with van der Waals surface area (Å²) >= 11 is 0. The van der Waals surface area contributed by atoms with Gasteiger partial charge in [-0.1, -0.05) is 18.6 Å². The van der Waals surface area contributed by atoms with Crippen molar-refractivity contribution >= 4 is 17.8 Å². The zero-order valence-corrected chi connectivity index (χ0v) is 19.5. The summed E-state index contributed by atoms with van der Waals surface area (Å²) in [6.45, 7) is 10.2. The third-order valence-corrected chi connectivity index (χ3v) is 6.15. The molecule has 3 N–H and O–H groups in total. The summed E-state index contributed by atoms with van der Waals surface area (Å²) in [6.07, 6.45) is 5.09. The average Bonchev–Trinajstić information content (AvgIpc) is 2.81. The lowest BCUT2D eigenvalue weighted by molar-refractivity contribution is -0.123. The first-order chi connectivity index (χ1) is 15.6. The van der Waals surface area contributed by atoms with Crippen molar-refractivity contribution in [1.82, 2.24) is 25.8 Å². The van der Waals surface area contributed by atoms with Gasteiger partial charge in [0.25, 0.3) is 5.91 Å². The Bertz CT molecular complexity index is 779. The van der Waals surface area contributed by atoms with Crippen molar-refractivity contribution in [3.8, 4) is 0 Å². The van der Waals surface area contributed by atoms with Crippen LogP contribution >= 0.6 is 0 Å². The molecule has 32 heavy (non-hydrogen) atoms. The van der Waals surface area contributed by atoms with E-state index in [1.807, 2.05) is 24.3 Å². The molecule has 8 heteroatoms. The van der Waals surface area contributed by atoms with E-state index in [1.165, 1.54) is 25.8 Å². The average molecular weight is 443 g/mol. The number of nitrogens with zero attached hydrogens (tertiary/aromatic N) is 3. The summed E-state index contributed by atoms with van der Waals surface area (Å²) < 4.78 is 0. The third-order valence-electron chi connectivity index (χ3n) is 6.15. The maximum atomic E-state index is 12.6. The van der Waals surface area contributed by atoms with E-state index in [2.05, 4.69) is 39.7 Å². The highest BCUT2D eigenvalue weighted by Gasteiger charge is 2.22. The smallest absolute Gasteiger partial charge is 0.254 e. The first-order valence-electron chi connectivity index (χ1n) is 12.0. The zero-order valence-electron chi connectivity index (χ0n) is 19.5. The fraction of sp³-hybridized carbons (Fsp3) is 0.625. The Morgan fingerprint density at radius 3 is 2.72 bits per heavy atom. The van der Waals surface area contributed by atoms with Gasteiger partial charge in [0.2, 0.25) is 5.91 Å². The summed E-state index contributed by atoms with van der Waals surface area (Å²) in [5.74, 6) is 0.607. The highest BCUT2D eigenvalue weighted by atomic mass is 16.2. The van der Waals surface area contributed by atoms with Crippen molar-refractivity contribution in [2.24, 2.45) is 4.99 Å². The molecular formula is C24H38N6O2. The SMILES string of the molecule is CCNC(=NCc1ccc(C(=O)N2CCNC(=O)C2)cc1)NCCCN1CCCCC1C. The molecule has 0 radical (unpaired) electrons. The molecule has 176 valence electrons. The molecule has 0 saturated carbocycles. The number of rotatable bonds is 8. The van der Waals surface area contributed by atoms with Crippen LogP contribution < -0.4 is 16.0 Å². The minimum absolute atomic E-state index is 0.104. The summed E-state index contributed by atoms with van der Waals surface area (Å²) in [4.78, 5) is 33.0. The number of likely N-dealkylation sites (tertiary alicyclic amines) is 1. The number of carbonyl (C=O) groups is 2. The fourth-order valence-electron chi connectivity index (χ4n) is 4.24. The van der Waals surface area contributed by atoms with Crippen LogP contribution in [0.15, 0.2) is 29.3 Å². The van der Waals surface area contributed by atoms with Gasteiger partial charge >= 0.3 is 0 Å². The molecule has 1 unspecified atom stereocenters. The van der Waals surface area contributed by atoms with Crippen LogP contribution in [0.25, 0.3) is 0 Å². The Morgan fingerprint density at radius 2 is 2.00 bits per heavy atom. The summed E-state index contributed by atoms with van der Waals surface area (Å²) in [7, 11) is 0. The highest BCUT2D eigenvalue weighted by molar-refractivity contribution is 5.97. The van der Waals surface area contributed by atoms with Gasteiger partial charge in [-0.2, -0.15) is 0 Å². The lowest BCUT2D eigenvalue weighted by atomic mass is 10.0. The molecular weight excluding hydrogens is 404 g/mol. The van der Waals surface area contributed by atoms with Crippen molar-refractivity contribution in [3.63, 3.8) is 0 Å². The molecule has 0 aromatic heterocycles. The topological polar surface area (TPSA) is 89.1 Å². The van der Waals surface area contributed by atoms with E-state index in [0.717, 1.165) is 37.6 Å². The van der Waals surface area contributed by atoms with Crippen LogP contribution in [0.2, 0.25) is 0 Å². The highest BCUT2D eigenvalue weighted by Crippen LogP contribution is 2.16. The Balaban J connectivity index is 1.46. The number of hydrogen-bond donors (Lipinski definition) is 3. The van der Waals surface area contributed by atoms with Gasteiger partial charge in [-0.3, -0.25) is 9.59 Å². The Hall–Kier alpha value is -2.61. The van der Waals surface area contributed by atoms with E-state index >= 15 is 0 Å². The summed E-state index contributed by atoms with van der Waals surface area (Å²) in [5.41, 5.74) is 1.64. The monoisotopic (exact) mass is 442 g/mol. The number of hydrogen-bond acceptors (Lipinski definition) is 4. The van der Waals surface area contributed by atoms with E-state index in [1.54, 1.807) is 4.90 Å². The number of nitrogens with one attached hydrogen (secondary N) is 3. The zero-order chi connectivity index (χ0) is 22.8. The van der Waals surface area contributed by atoms with Crippen molar-refractivity contribution in [2.75, 3.05) is 45.8 Å². The fourth-order valence-corrected chi connectivity index (χ4v) is 4.24. The molecule has 8 nitrogen and oxygen atoms in total. The second-order valence-electron chi connectivity index (χ2n) is 8.63. The van der Waals surface area contributed by atoms with E-state index in [4.69, 9.17) is 0 Å². The normalized spacial score (nSPS) is 20.1. The van der Waals surface area contributed by atoms with Gasteiger partial charge in [-0.05, 0) is 57.4 Å². The molecule has 2 heterocycles. The lowest BCUT2D eigenvalue weighted by Crippen LogP contribution is -2.49. The number of carbonyl (C=O) groups excluding carboxylic acids is 2. The van der Waals surface area contributed by atoms with Crippen molar-refractivity contribution < 1.29 is 9.59 Å². The Morgan fingerprint density at radius 1 is 1.19 bits per heavy atom. The Labute approximate surface area is 191 Å². The quantitative estimate of drug-likeness (QED) is 0.323. The lowest BCUT2D eigenvalue weighted by Gasteiger charge is -2.33. The molecule has 1 aromatic carbocycles. The van der Waals surface area contributed by atoms with Gasteiger partial charge in [-0.15, -0.1) is 0 Å². The van der Waals surface area contributed by atoms with E-state index in [0.29, 0.717) is 31.2 Å². The molecule has 0 spiro atoms. The van der Waals surface area contributed by atoms with Crippen LogP contribution in [-0.4, -0.2) is 79.4 Å². The van der Waals surface area contributed by atoms with Gasteiger partial charge in [-0.25, -0.2) is 4.99 Å². The van der Waals surface area contributed by atoms with Crippen molar-refractivity contribution in [2.45, 2.75) is 52.1 Å². The minimum atomic E-state index is -0.107. The molecule has 1 aromatic rings. The van der Waals surface area contributed by atoms with Gasteiger partial charge in [0.15, 0.2) is 5.96 Å². The van der Waals surface area contributed by atoms with Crippen LogP contribution in [0.1, 0.15) is 55.5 Å². The standard InChI is InChI=1S/C24H38N6O2/c1-3-25-24(27-12-6-15-29-14-5-4-7-19(29)2)28-17-20-8-10-21(11-9-20)23(32)30-16-13-26-22(31)18-30/h8-11,19H,3-7,12-18H2,1-2H3,(H,26,31)(H2,25,27,28). The molecule has 2 aliphatic rings. The largest absolute Gasteiger partial charge is 0.357 e. The van der Waals surface area contributed by atoms with Gasteiger partial charge in [0.05, 0.1) is 13.1 Å². The maximum absolute atomic E-state index is 12.6. The number of piperazine rings is 1. The predicted octanol–water partition coefficient (Wildman–Crippen LogP) is 1.58. The second kappa shape index (κ2) is 12.4. The molecule has 2 aliphatic heterocycles. The number of piperidine rings is 1. The van der Waals surface area contributed by atoms with E-state index in [-0.39, 0.29) is 18.4 Å². The van der Waals surface area contributed by atoms with Crippen molar-refractivity contribution in [1.29, 1.82) is 0 Å². The van der Waals surface area contributed by atoms with Gasteiger partial charge in [0.1, 0.15) is 0 Å². The third kappa shape index (κ3) is 7.22. The molecule has 1 atom stereocenters. The van der Waals surface area contributed by atoms with Crippen LogP contribution in [0, 0.1) is 0 Å². The molecule has 0 aliphatic carbocycles. The predicted molar refractivity (Wildman–Crippen MR) is 128 cm³/mol. The van der Waals surface area contributed by atoms with Crippen LogP contribution in [-0.2, 0) is 11.3 Å². The molecule has 2 fully saturated rings. The molecule has 0 bridgehead atoms. The molecule has 3 rings (SSSR count). The summed E-state index contributed by atoms with van der Waals surface area (Å²) in [6, 6.07) is 8.21. The first kappa shape index (κ1) is 24.0. The molecule has 2 saturated heterocycles. The van der Waals surface area contributed by atoms with Gasteiger partial charge in [0, 0.05) is 44.3 Å². The number of benzene rings is 1. The van der Waals surface area contributed by atoms with Crippen LogP contribution in [0.4, 0.5) is 0 Å². The van der Waals surface area contributed by atoms with Crippen LogP contribution in [0.5, 0.6) is 0 Å². The number of guanidine groups is 1. The molecule has 2 amide bonds. The van der Waals surface area contributed by atoms with E-state index < -0.39 is 0 Å². The number of amides is 2. The summed E-state index contributed by atoms with van der Waals surface area (Å²) in [5, 5.41) is 9.48. The number of aliphatic imine (C=N–C) groups is 1. The first-order valence-corrected chi connectivity index (χ1v) is 12.0. The van der Waals surface area contributed by atoms with Crippen molar-refractivity contribution in [3.05, 3.63) is 35.4 Å². The second-order valence-corrected chi connectivity index (χ2v) is 8.63. The van der Waals surface area contributed by atoms with E-state index in [9.17, 15) is 9.59 Å². The maximum Gasteiger partial charge on any atom is 0.254 e. The van der Waals surface area contributed by atoms with Gasteiger partial charge < -0.3 is 25.8 Å². The van der Waals surface area contributed by atoms with Crippen LogP contribution in [0.3, 0.4) is 0 Å². The Kier molecular flexibility index (Phi) is 9.34.